The van der Waals surface area contributed by atoms with Gasteiger partial charge in [-0.2, -0.15) is 0 Å². The number of amides is 3. The van der Waals surface area contributed by atoms with Crippen molar-refractivity contribution < 1.29 is 23.5 Å². The molecule has 57 heavy (non-hydrogen) atoms. The van der Waals surface area contributed by atoms with E-state index < -0.39 is 11.2 Å². The number of piperidine rings is 1. The Kier molecular flexibility index (Phi) is 9.38. The fourth-order valence-corrected chi connectivity index (χ4v) is 9.98. The lowest BCUT2D eigenvalue weighted by molar-refractivity contribution is -0.134. The molecule has 2 aromatic heterocycles. The number of nitrogens with one attached hydrogen (secondary N) is 2. The van der Waals surface area contributed by atoms with E-state index in [1.165, 1.54) is 6.07 Å². The predicted molar refractivity (Wildman–Crippen MR) is 217 cm³/mol. The molecule has 2 aromatic carbocycles. The van der Waals surface area contributed by atoms with Gasteiger partial charge in [0.2, 0.25) is 11.8 Å². The molecular weight excluding hydrogens is 724 g/mol. The Labute approximate surface area is 333 Å². The molecule has 12 nitrogen and oxygen atoms in total. The molecule has 4 fully saturated rings. The minimum Gasteiger partial charge on any atom is -0.372 e. The number of pyridine rings is 1. The van der Waals surface area contributed by atoms with E-state index >= 15 is 4.39 Å². The number of aromatic nitrogens is 3. The monoisotopic (exact) mass is 776 g/mol. The zero-order valence-corrected chi connectivity index (χ0v) is 33.8. The summed E-state index contributed by atoms with van der Waals surface area (Å²) in [6, 6.07) is 11.5. The molecule has 300 valence electrons. The van der Waals surface area contributed by atoms with Crippen LogP contribution < -0.4 is 15.5 Å². The van der Waals surface area contributed by atoms with Gasteiger partial charge in [0.05, 0.1) is 40.8 Å². The van der Waals surface area contributed by atoms with Crippen molar-refractivity contribution in [3.8, 4) is 11.3 Å². The Morgan fingerprint density at radius 1 is 0.982 bits per heavy atom. The fraction of sp³-hybridized carbons (Fsp3) is 0.523. The minimum atomic E-state index is -0.689. The number of rotatable bonds is 8. The van der Waals surface area contributed by atoms with E-state index in [-0.39, 0.29) is 41.5 Å². The first-order valence-electron chi connectivity index (χ1n) is 20.7. The Bertz CT molecular complexity index is 2260. The number of halogens is 1. The maximum Gasteiger partial charge on any atom is 0.251 e. The average Bonchev–Trinajstić information content (AvgIpc) is 3.81. The maximum absolute atomic E-state index is 15.7. The Balaban J connectivity index is 1.09. The number of aryl methyl sites for hydroxylation is 1. The molecule has 13 heteroatoms. The second kappa shape index (κ2) is 14.2. The zero-order chi connectivity index (χ0) is 39.9. The lowest BCUT2D eigenvalue weighted by Crippen LogP contribution is -2.60. The molecule has 1 aliphatic carbocycles. The zero-order valence-electron chi connectivity index (χ0n) is 33.8. The van der Waals surface area contributed by atoms with Crippen LogP contribution in [0.25, 0.3) is 22.3 Å². The molecule has 0 radical (unpaired) electrons. The van der Waals surface area contributed by atoms with Gasteiger partial charge < -0.3 is 29.7 Å². The molecule has 5 aliphatic rings. The number of carbonyl (C=O) groups is 3. The van der Waals surface area contributed by atoms with Gasteiger partial charge in [0, 0.05) is 74.1 Å². The number of hydrogen-bond donors (Lipinski definition) is 2. The van der Waals surface area contributed by atoms with Gasteiger partial charge in [0.25, 0.3) is 5.91 Å². The van der Waals surface area contributed by atoms with Gasteiger partial charge in [-0.3, -0.25) is 19.3 Å². The van der Waals surface area contributed by atoms with E-state index in [0.29, 0.717) is 77.9 Å². The van der Waals surface area contributed by atoms with Crippen LogP contribution in [0.3, 0.4) is 0 Å². The standard InChI is InChI=1S/C44H53FN8O4/c1-24(2)47-42(55)33-19-37(35(45)15-26(33)5)49-41-40-38(46-23-52(40)25(3)4)20-36(48-41)28-7-10-34-39(16-28)53(43(56)44(34)11-13-50(14-12-44)27(6)54)30-17-29(18-30)51-21-31-8-9-32(22-51)57-31/h7,10,15-16,19-20,23-25,29-32H,8-9,11-14,17-18,21-22H2,1-6H3,(H,47,55)(H,48,49)/t29-,30+,31?,32?. The normalized spacial score (nSPS) is 24.1. The summed E-state index contributed by atoms with van der Waals surface area (Å²) in [5.41, 5.74) is 5.13. The van der Waals surface area contributed by atoms with E-state index in [1.54, 1.807) is 26.2 Å². The topological polar surface area (TPSA) is 125 Å². The molecule has 3 saturated heterocycles. The highest BCUT2D eigenvalue weighted by Gasteiger charge is 2.56. The van der Waals surface area contributed by atoms with E-state index in [1.807, 2.05) is 35.4 Å². The number of nitrogens with zero attached hydrogens (tertiary/aromatic N) is 6. The molecule has 2 atom stereocenters. The number of benzene rings is 2. The molecule has 2 N–H and O–H groups in total. The van der Waals surface area contributed by atoms with Crippen molar-refractivity contribution in [2.75, 3.05) is 36.4 Å². The van der Waals surface area contributed by atoms with Crippen molar-refractivity contribution >= 4 is 45.9 Å². The van der Waals surface area contributed by atoms with Crippen molar-refractivity contribution in [3.05, 3.63) is 65.2 Å². The number of fused-ring (bicyclic) bond motifs is 5. The Morgan fingerprint density at radius 2 is 1.70 bits per heavy atom. The van der Waals surface area contributed by atoms with Crippen molar-refractivity contribution in [3.63, 3.8) is 0 Å². The lowest BCUT2D eigenvalue weighted by atomic mass is 9.73. The number of morpholine rings is 1. The van der Waals surface area contributed by atoms with Crippen LogP contribution in [0.15, 0.2) is 42.7 Å². The number of likely N-dealkylation sites (tertiary alicyclic amines) is 2. The van der Waals surface area contributed by atoms with Gasteiger partial charge >= 0.3 is 0 Å². The summed E-state index contributed by atoms with van der Waals surface area (Å²) in [6.45, 7) is 14.2. The van der Waals surface area contributed by atoms with Gasteiger partial charge in [0.15, 0.2) is 5.82 Å². The quantitative estimate of drug-likeness (QED) is 0.205. The third-order valence-electron chi connectivity index (χ3n) is 13.1. The predicted octanol–water partition coefficient (Wildman–Crippen LogP) is 6.63. The van der Waals surface area contributed by atoms with Gasteiger partial charge in [-0.1, -0.05) is 12.1 Å². The molecule has 1 saturated carbocycles. The number of anilines is 3. The Morgan fingerprint density at radius 3 is 2.37 bits per heavy atom. The van der Waals surface area contributed by atoms with Crippen molar-refractivity contribution in [2.45, 2.75) is 122 Å². The summed E-state index contributed by atoms with van der Waals surface area (Å²) in [5, 5.41) is 6.17. The van der Waals surface area contributed by atoms with Crippen LogP contribution >= 0.6 is 0 Å². The van der Waals surface area contributed by atoms with Crippen LogP contribution in [0.2, 0.25) is 0 Å². The van der Waals surface area contributed by atoms with Gasteiger partial charge in [-0.25, -0.2) is 14.4 Å². The lowest BCUT2D eigenvalue weighted by Gasteiger charge is -2.49. The van der Waals surface area contributed by atoms with Crippen LogP contribution in [0.1, 0.15) is 101 Å². The third kappa shape index (κ3) is 6.47. The summed E-state index contributed by atoms with van der Waals surface area (Å²) in [7, 11) is 0. The summed E-state index contributed by atoms with van der Waals surface area (Å²) in [5.74, 6) is -0.191. The average molecular weight is 777 g/mol. The highest BCUT2D eigenvalue weighted by Crippen LogP contribution is 2.52. The van der Waals surface area contributed by atoms with Gasteiger partial charge in [-0.05, 0) is 109 Å². The molecule has 4 aromatic rings. The number of ether oxygens (including phenoxy) is 1. The van der Waals surface area contributed by atoms with E-state index in [2.05, 4.69) is 46.4 Å². The van der Waals surface area contributed by atoms with Crippen molar-refractivity contribution in [1.29, 1.82) is 0 Å². The van der Waals surface area contributed by atoms with Crippen molar-refractivity contribution in [2.24, 2.45) is 0 Å². The van der Waals surface area contributed by atoms with E-state index in [4.69, 9.17) is 14.7 Å². The number of carbonyl (C=O) groups excluding carboxylic acids is 3. The highest BCUT2D eigenvalue weighted by atomic mass is 19.1. The second-order valence-electron chi connectivity index (χ2n) is 17.6. The fourth-order valence-electron chi connectivity index (χ4n) is 9.98. The number of imidazole rings is 1. The molecule has 9 rings (SSSR count). The largest absolute Gasteiger partial charge is 0.372 e. The van der Waals surface area contributed by atoms with Crippen LogP contribution in [-0.2, 0) is 19.7 Å². The van der Waals surface area contributed by atoms with Crippen LogP contribution in [0.4, 0.5) is 21.6 Å². The summed E-state index contributed by atoms with van der Waals surface area (Å²) < 4.78 is 23.8. The summed E-state index contributed by atoms with van der Waals surface area (Å²) >= 11 is 0. The van der Waals surface area contributed by atoms with Gasteiger partial charge in [0.1, 0.15) is 11.3 Å². The summed E-state index contributed by atoms with van der Waals surface area (Å²) in [4.78, 5) is 56.7. The first-order valence-corrected chi connectivity index (χ1v) is 20.7. The first kappa shape index (κ1) is 37.7. The second-order valence-corrected chi connectivity index (χ2v) is 17.6. The van der Waals surface area contributed by atoms with Crippen molar-refractivity contribution in [1.82, 2.24) is 29.7 Å². The molecule has 6 heterocycles. The van der Waals surface area contributed by atoms with E-state index in [9.17, 15) is 14.4 Å². The molecule has 4 aliphatic heterocycles. The summed E-state index contributed by atoms with van der Waals surface area (Å²) in [6.07, 6.45) is 7.66. The van der Waals surface area contributed by atoms with Gasteiger partial charge in [-0.15, -0.1) is 0 Å². The number of hydrogen-bond acceptors (Lipinski definition) is 8. The molecular formula is C44H53FN8O4. The highest BCUT2D eigenvalue weighted by molar-refractivity contribution is 6.09. The minimum absolute atomic E-state index is 0.0374. The molecule has 3 amide bonds. The Hall–Kier alpha value is -4.88. The smallest absolute Gasteiger partial charge is 0.251 e. The van der Waals surface area contributed by atoms with Crippen LogP contribution in [0.5, 0.6) is 0 Å². The van der Waals surface area contributed by atoms with E-state index in [0.717, 1.165) is 55.6 Å². The molecule has 2 unspecified atom stereocenters. The molecule has 1 spiro atoms. The maximum atomic E-state index is 15.7. The van der Waals surface area contributed by atoms with Crippen LogP contribution in [-0.4, -0.2) is 98.6 Å². The SMILES string of the molecule is CC(=O)N1CCC2(CC1)C(=O)N([C@H]1C[C@@H](N3CC4CCC(C3)O4)C1)c1cc(-c3cc4ncn(C(C)C)c4c(Nc4cc(C(=O)NC(C)C)c(C)cc4F)n3)ccc12. The van der Waals surface area contributed by atoms with Crippen LogP contribution in [0, 0.1) is 12.7 Å². The molecule has 2 bridgehead atoms. The first-order chi connectivity index (χ1) is 27.3. The third-order valence-corrected chi connectivity index (χ3v) is 13.1.